The van der Waals surface area contributed by atoms with Crippen LogP contribution in [0.15, 0.2) is 42.5 Å². The summed E-state index contributed by atoms with van der Waals surface area (Å²) < 4.78 is 19.3. The number of nitrogens with one attached hydrogen (secondary N) is 1. The fourth-order valence-electron chi connectivity index (χ4n) is 1.95. The van der Waals surface area contributed by atoms with Crippen molar-refractivity contribution in [3.05, 3.63) is 64.4 Å². The molecule has 0 radical (unpaired) electrons. The second kappa shape index (κ2) is 7.27. The first-order valence-electron chi connectivity index (χ1n) is 6.91. The third-order valence-electron chi connectivity index (χ3n) is 3.14. The number of halogens is 2. The molecule has 0 saturated carbocycles. The van der Waals surface area contributed by atoms with E-state index in [1.165, 1.54) is 12.1 Å². The molecule has 0 aliphatic carbocycles. The Morgan fingerprint density at radius 3 is 2.73 bits per heavy atom. The minimum absolute atomic E-state index is 0.0351. The molecule has 5 heteroatoms. The number of aryl methyl sites for hydroxylation is 1. The van der Waals surface area contributed by atoms with Gasteiger partial charge in [-0.3, -0.25) is 4.79 Å². The van der Waals surface area contributed by atoms with Gasteiger partial charge in [0.1, 0.15) is 18.2 Å². The highest BCUT2D eigenvalue weighted by Gasteiger charge is 2.15. The summed E-state index contributed by atoms with van der Waals surface area (Å²) in [6.45, 7) is 4.04. The smallest absolute Gasteiger partial charge is 0.254 e. The number of rotatable bonds is 5. The third-order valence-corrected chi connectivity index (χ3v) is 3.37. The molecule has 0 bridgehead atoms. The molecule has 0 unspecified atom stereocenters. The normalized spacial score (nSPS) is 11.8. The van der Waals surface area contributed by atoms with E-state index in [2.05, 4.69) is 5.32 Å². The summed E-state index contributed by atoms with van der Waals surface area (Å²) in [4.78, 5) is 12.0. The second-order valence-electron chi connectivity index (χ2n) is 5.08. The first-order chi connectivity index (χ1) is 10.5. The van der Waals surface area contributed by atoms with E-state index in [-0.39, 0.29) is 16.6 Å². The predicted octanol–water partition coefficient (Wildman–Crippen LogP) is 3.98. The van der Waals surface area contributed by atoms with Gasteiger partial charge in [-0.2, -0.15) is 0 Å². The van der Waals surface area contributed by atoms with Gasteiger partial charge in [-0.1, -0.05) is 29.8 Å². The predicted molar refractivity (Wildman–Crippen MR) is 85.0 cm³/mol. The highest BCUT2D eigenvalue weighted by molar-refractivity contribution is 6.30. The molecule has 0 fully saturated rings. The lowest BCUT2D eigenvalue weighted by atomic mass is 10.2. The zero-order valence-corrected chi connectivity index (χ0v) is 13.2. The van der Waals surface area contributed by atoms with Gasteiger partial charge in [-0.15, -0.1) is 0 Å². The monoisotopic (exact) mass is 321 g/mol. The molecular weight excluding hydrogens is 305 g/mol. The van der Waals surface area contributed by atoms with Crippen molar-refractivity contribution in [1.29, 1.82) is 0 Å². The van der Waals surface area contributed by atoms with Crippen LogP contribution in [0.5, 0.6) is 5.75 Å². The number of benzene rings is 2. The minimum atomic E-state index is -0.642. The molecule has 22 heavy (non-hydrogen) atoms. The van der Waals surface area contributed by atoms with E-state index < -0.39 is 11.7 Å². The standard InChI is InChI=1S/C17H17ClFNO2/c1-11-5-3-4-6-16(11)22-10-12(2)20-17(21)14-8-7-13(18)9-15(14)19/h3-9,12H,10H2,1-2H3,(H,20,21)/t12-/m0/s1. The molecule has 0 aliphatic heterocycles. The van der Waals surface area contributed by atoms with Gasteiger partial charge in [0.25, 0.3) is 5.91 Å². The van der Waals surface area contributed by atoms with E-state index in [4.69, 9.17) is 16.3 Å². The van der Waals surface area contributed by atoms with Gasteiger partial charge < -0.3 is 10.1 Å². The minimum Gasteiger partial charge on any atom is -0.491 e. The summed E-state index contributed by atoms with van der Waals surface area (Å²) >= 11 is 5.67. The number of carbonyl (C=O) groups is 1. The van der Waals surface area contributed by atoms with Crippen LogP contribution < -0.4 is 10.1 Å². The lowest BCUT2D eigenvalue weighted by Gasteiger charge is -2.16. The molecule has 2 aromatic rings. The quantitative estimate of drug-likeness (QED) is 0.904. The van der Waals surface area contributed by atoms with Crippen LogP contribution in [0.3, 0.4) is 0 Å². The number of amides is 1. The maximum absolute atomic E-state index is 13.7. The Bertz CT molecular complexity index is 675. The van der Waals surface area contributed by atoms with E-state index in [1.807, 2.05) is 31.2 Å². The zero-order valence-electron chi connectivity index (χ0n) is 12.4. The first kappa shape index (κ1) is 16.3. The van der Waals surface area contributed by atoms with Crippen LogP contribution in [0, 0.1) is 12.7 Å². The summed E-state index contributed by atoms with van der Waals surface area (Å²) in [5, 5.41) is 2.95. The molecule has 0 saturated heterocycles. The largest absolute Gasteiger partial charge is 0.491 e. The molecular formula is C17H17ClFNO2. The van der Waals surface area contributed by atoms with E-state index >= 15 is 0 Å². The number of hydrogen-bond donors (Lipinski definition) is 1. The molecule has 3 nitrogen and oxygen atoms in total. The summed E-state index contributed by atoms with van der Waals surface area (Å²) in [5.41, 5.74) is 0.983. The van der Waals surface area contributed by atoms with Crippen molar-refractivity contribution < 1.29 is 13.9 Å². The summed E-state index contributed by atoms with van der Waals surface area (Å²) in [6, 6.07) is 11.3. The van der Waals surface area contributed by atoms with Crippen molar-refractivity contribution in [1.82, 2.24) is 5.32 Å². The Balaban J connectivity index is 1.93. The van der Waals surface area contributed by atoms with Crippen LogP contribution in [0.1, 0.15) is 22.8 Å². The van der Waals surface area contributed by atoms with Gasteiger partial charge in [-0.25, -0.2) is 4.39 Å². The Labute approximate surface area is 134 Å². The average Bonchev–Trinajstić information content (AvgIpc) is 2.46. The Morgan fingerprint density at radius 1 is 1.32 bits per heavy atom. The van der Waals surface area contributed by atoms with Gasteiger partial charge in [0.05, 0.1) is 11.6 Å². The number of hydrogen-bond acceptors (Lipinski definition) is 2. The summed E-state index contributed by atoms with van der Waals surface area (Å²) in [7, 11) is 0. The summed E-state index contributed by atoms with van der Waals surface area (Å²) in [6.07, 6.45) is 0. The van der Waals surface area contributed by atoms with Crippen LogP contribution in [0.2, 0.25) is 5.02 Å². The SMILES string of the molecule is Cc1ccccc1OC[C@H](C)NC(=O)c1ccc(Cl)cc1F. The fraction of sp³-hybridized carbons (Fsp3) is 0.235. The molecule has 1 N–H and O–H groups in total. The van der Waals surface area contributed by atoms with E-state index in [1.54, 1.807) is 6.92 Å². The van der Waals surface area contributed by atoms with Crippen molar-refractivity contribution in [2.75, 3.05) is 6.61 Å². The lowest BCUT2D eigenvalue weighted by molar-refractivity contribution is 0.0922. The van der Waals surface area contributed by atoms with Gasteiger partial charge in [0, 0.05) is 5.02 Å². The zero-order chi connectivity index (χ0) is 16.1. The van der Waals surface area contributed by atoms with Crippen molar-refractivity contribution in [2.45, 2.75) is 19.9 Å². The number of ether oxygens (including phenoxy) is 1. The van der Waals surface area contributed by atoms with E-state index in [9.17, 15) is 9.18 Å². The molecule has 0 aliphatic rings. The molecule has 1 amide bonds. The lowest BCUT2D eigenvalue weighted by Crippen LogP contribution is -2.37. The first-order valence-corrected chi connectivity index (χ1v) is 7.29. The van der Waals surface area contributed by atoms with E-state index in [0.717, 1.165) is 17.4 Å². The molecule has 2 rings (SSSR count). The van der Waals surface area contributed by atoms with Crippen LogP contribution in [0.4, 0.5) is 4.39 Å². The maximum atomic E-state index is 13.7. The van der Waals surface area contributed by atoms with Gasteiger partial charge in [0.2, 0.25) is 0 Å². The van der Waals surface area contributed by atoms with Gasteiger partial charge >= 0.3 is 0 Å². The number of carbonyl (C=O) groups excluding carboxylic acids is 1. The van der Waals surface area contributed by atoms with Crippen LogP contribution in [-0.4, -0.2) is 18.6 Å². The molecule has 1 atom stereocenters. The third kappa shape index (κ3) is 4.21. The average molecular weight is 322 g/mol. The Hall–Kier alpha value is -2.07. The maximum Gasteiger partial charge on any atom is 0.254 e. The van der Waals surface area contributed by atoms with Crippen LogP contribution >= 0.6 is 11.6 Å². The van der Waals surface area contributed by atoms with Crippen molar-refractivity contribution in [3.8, 4) is 5.75 Å². The molecule has 2 aromatic carbocycles. The molecule has 0 aromatic heterocycles. The number of para-hydroxylation sites is 1. The highest BCUT2D eigenvalue weighted by Crippen LogP contribution is 2.17. The topological polar surface area (TPSA) is 38.3 Å². The highest BCUT2D eigenvalue weighted by atomic mass is 35.5. The molecule has 116 valence electrons. The van der Waals surface area contributed by atoms with E-state index in [0.29, 0.717) is 6.61 Å². The van der Waals surface area contributed by atoms with Crippen LogP contribution in [-0.2, 0) is 0 Å². The molecule has 0 spiro atoms. The summed E-state index contributed by atoms with van der Waals surface area (Å²) in [5.74, 6) is -0.367. The van der Waals surface area contributed by atoms with Crippen molar-refractivity contribution in [3.63, 3.8) is 0 Å². The van der Waals surface area contributed by atoms with Gasteiger partial charge in [-0.05, 0) is 43.7 Å². The van der Waals surface area contributed by atoms with Gasteiger partial charge in [0.15, 0.2) is 0 Å². The Kier molecular flexibility index (Phi) is 5.39. The fourth-order valence-corrected chi connectivity index (χ4v) is 2.11. The second-order valence-corrected chi connectivity index (χ2v) is 5.51. The molecule has 0 heterocycles. The Morgan fingerprint density at radius 2 is 2.05 bits per heavy atom. The van der Waals surface area contributed by atoms with Crippen molar-refractivity contribution >= 4 is 17.5 Å². The van der Waals surface area contributed by atoms with Crippen molar-refractivity contribution in [2.24, 2.45) is 0 Å². The van der Waals surface area contributed by atoms with Crippen LogP contribution in [0.25, 0.3) is 0 Å².